The van der Waals surface area contributed by atoms with Crippen LogP contribution >= 0.6 is 0 Å². The molecule has 0 aromatic heterocycles. The number of nitrogens with zero attached hydrogens (tertiary/aromatic N) is 1. The van der Waals surface area contributed by atoms with Gasteiger partial charge in [-0.15, -0.1) is 0 Å². The molecule has 1 heterocycles. The average Bonchev–Trinajstić information content (AvgIpc) is 3.43. The maximum Gasteiger partial charge on any atom is 0.335 e. The Hall–Kier alpha value is -2.69. The Morgan fingerprint density at radius 1 is 1.12 bits per heavy atom. The van der Waals surface area contributed by atoms with Gasteiger partial charge < -0.3 is 10.0 Å². The fourth-order valence-electron chi connectivity index (χ4n) is 3.82. The third-order valence-electron chi connectivity index (χ3n) is 5.55. The zero-order valence-electron chi connectivity index (χ0n) is 14.4. The molecule has 134 valence electrons. The summed E-state index contributed by atoms with van der Waals surface area (Å²) in [6, 6.07) is 11.7. The first-order valence-electron chi connectivity index (χ1n) is 8.86. The maximum atomic E-state index is 14.0. The molecule has 2 aromatic carbocycles. The van der Waals surface area contributed by atoms with Gasteiger partial charge in [-0.25, -0.2) is 9.18 Å². The lowest BCUT2D eigenvalue weighted by Gasteiger charge is -2.32. The molecule has 0 radical (unpaired) electrons. The molecule has 0 saturated heterocycles. The number of hydrogen-bond donors (Lipinski definition) is 1. The molecule has 1 N–H and O–H groups in total. The van der Waals surface area contributed by atoms with Gasteiger partial charge in [-0.05, 0) is 60.6 Å². The van der Waals surface area contributed by atoms with Crippen molar-refractivity contribution in [3.63, 3.8) is 0 Å². The van der Waals surface area contributed by atoms with E-state index in [1.165, 1.54) is 6.07 Å². The van der Waals surface area contributed by atoms with Gasteiger partial charge in [0.25, 0.3) is 0 Å². The van der Waals surface area contributed by atoms with Crippen LogP contribution < -0.4 is 0 Å². The smallest absolute Gasteiger partial charge is 0.335 e. The van der Waals surface area contributed by atoms with Crippen LogP contribution in [0.5, 0.6) is 0 Å². The largest absolute Gasteiger partial charge is 0.478 e. The van der Waals surface area contributed by atoms with E-state index < -0.39 is 11.4 Å². The molecule has 0 spiro atoms. The molecule has 1 aliphatic heterocycles. The van der Waals surface area contributed by atoms with Crippen LogP contribution in [0.4, 0.5) is 4.39 Å². The minimum atomic E-state index is -0.963. The number of benzene rings is 2. The molecule has 0 bridgehead atoms. The van der Waals surface area contributed by atoms with E-state index in [2.05, 4.69) is 0 Å². The van der Waals surface area contributed by atoms with Crippen LogP contribution in [0.1, 0.15) is 39.9 Å². The van der Waals surface area contributed by atoms with Crippen LogP contribution in [0.3, 0.4) is 0 Å². The fraction of sp³-hybridized carbons (Fsp3) is 0.333. The molecule has 4 rings (SSSR count). The highest BCUT2D eigenvalue weighted by atomic mass is 19.1. The predicted molar refractivity (Wildman–Crippen MR) is 94.3 cm³/mol. The second-order valence-corrected chi connectivity index (χ2v) is 7.31. The molecular formula is C21H20FNO3. The van der Waals surface area contributed by atoms with Crippen molar-refractivity contribution in [2.75, 3.05) is 6.54 Å². The highest BCUT2D eigenvalue weighted by molar-refractivity contribution is 5.88. The van der Waals surface area contributed by atoms with Gasteiger partial charge in [0, 0.05) is 13.1 Å². The van der Waals surface area contributed by atoms with Gasteiger partial charge in [0.2, 0.25) is 5.91 Å². The summed E-state index contributed by atoms with van der Waals surface area (Å²) in [6.45, 7) is 1.05. The zero-order chi connectivity index (χ0) is 18.3. The van der Waals surface area contributed by atoms with Crippen molar-refractivity contribution in [3.8, 4) is 0 Å². The Bertz CT molecular complexity index is 889. The van der Waals surface area contributed by atoms with E-state index in [1.807, 2.05) is 11.0 Å². The number of hydrogen-bond acceptors (Lipinski definition) is 2. The number of carbonyl (C=O) groups excluding carboxylic acids is 1. The molecule has 0 atom stereocenters. The van der Waals surface area contributed by atoms with Crippen molar-refractivity contribution in [1.82, 2.24) is 4.90 Å². The van der Waals surface area contributed by atoms with Crippen LogP contribution in [0.2, 0.25) is 0 Å². The van der Waals surface area contributed by atoms with Crippen molar-refractivity contribution < 1.29 is 19.1 Å². The molecular weight excluding hydrogens is 333 g/mol. The Kier molecular flexibility index (Phi) is 4.02. The van der Waals surface area contributed by atoms with Crippen LogP contribution in [0.15, 0.2) is 42.5 Å². The minimum Gasteiger partial charge on any atom is -0.478 e. The zero-order valence-corrected chi connectivity index (χ0v) is 14.4. The second-order valence-electron chi connectivity index (χ2n) is 7.31. The van der Waals surface area contributed by atoms with Crippen molar-refractivity contribution >= 4 is 11.9 Å². The van der Waals surface area contributed by atoms with Crippen LogP contribution in [0.25, 0.3) is 0 Å². The number of halogens is 1. The summed E-state index contributed by atoms with van der Waals surface area (Å²) in [5.74, 6) is -1.16. The number of carboxylic acid groups (broad SMARTS) is 1. The molecule has 2 aromatic rings. The highest BCUT2D eigenvalue weighted by Crippen LogP contribution is 2.50. The third kappa shape index (κ3) is 2.98. The lowest BCUT2D eigenvalue weighted by Crippen LogP contribution is -2.41. The first-order chi connectivity index (χ1) is 12.5. The predicted octanol–water partition coefficient (Wildman–Crippen LogP) is 3.43. The summed E-state index contributed by atoms with van der Waals surface area (Å²) in [4.78, 5) is 26.1. The summed E-state index contributed by atoms with van der Waals surface area (Å²) in [6.07, 6.45) is 2.70. The lowest BCUT2D eigenvalue weighted by molar-refractivity contribution is -0.138. The first-order valence-corrected chi connectivity index (χ1v) is 8.86. The SMILES string of the molecule is O=C(O)c1ccc2c(c1)CN(C(=O)C1(Cc3ccccc3F)CC1)CC2. The van der Waals surface area contributed by atoms with Crippen LogP contribution in [-0.2, 0) is 24.2 Å². The summed E-state index contributed by atoms with van der Waals surface area (Å²) < 4.78 is 14.0. The van der Waals surface area contributed by atoms with E-state index in [0.717, 1.165) is 30.4 Å². The third-order valence-corrected chi connectivity index (χ3v) is 5.55. The number of aromatic carboxylic acids is 1. The molecule has 0 unspecified atom stereocenters. The van der Waals surface area contributed by atoms with Gasteiger partial charge in [-0.3, -0.25) is 4.79 Å². The van der Waals surface area contributed by atoms with Crippen LogP contribution in [0, 0.1) is 11.2 Å². The summed E-state index contributed by atoms with van der Waals surface area (Å²) in [5.41, 5.74) is 2.32. The number of carbonyl (C=O) groups is 2. The number of carboxylic acids is 1. The van der Waals surface area contributed by atoms with Gasteiger partial charge in [-0.2, -0.15) is 0 Å². The van der Waals surface area contributed by atoms with Crippen molar-refractivity contribution in [1.29, 1.82) is 0 Å². The van der Waals surface area contributed by atoms with Crippen LogP contribution in [-0.4, -0.2) is 28.4 Å². The van der Waals surface area contributed by atoms with Crippen molar-refractivity contribution in [3.05, 3.63) is 70.5 Å². The van der Waals surface area contributed by atoms with Gasteiger partial charge >= 0.3 is 5.97 Å². The van der Waals surface area contributed by atoms with Gasteiger partial charge in [0.1, 0.15) is 5.82 Å². The number of rotatable bonds is 4. The van der Waals surface area contributed by atoms with E-state index in [0.29, 0.717) is 25.1 Å². The molecule has 1 saturated carbocycles. The lowest BCUT2D eigenvalue weighted by atomic mass is 9.92. The summed E-state index contributed by atoms with van der Waals surface area (Å²) in [5, 5.41) is 9.17. The van der Waals surface area contributed by atoms with E-state index >= 15 is 0 Å². The average molecular weight is 353 g/mol. The van der Waals surface area contributed by atoms with E-state index in [9.17, 15) is 19.1 Å². The normalized spacial score (nSPS) is 17.5. The monoisotopic (exact) mass is 353 g/mol. The molecule has 1 fully saturated rings. The summed E-state index contributed by atoms with van der Waals surface area (Å²) >= 11 is 0. The Morgan fingerprint density at radius 2 is 1.88 bits per heavy atom. The number of fused-ring (bicyclic) bond motifs is 1. The van der Waals surface area contributed by atoms with Gasteiger partial charge in [-0.1, -0.05) is 24.3 Å². The first kappa shape index (κ1) is 16.8. The molecule has 26 heavy (non-hydrogen) atoms. The van der Waals surface area contributed by atoms with E-state index in [1.54, 1.807) is 30.3 Å². The van der Waals surface area contributed by atoms with Crippen molar-refractivity contribution in [2.45, 2.75) is 32.2 Å². The Balaban J connectivity index is 1.53. The standard InChI is InChI=1S/C21H20FNO3/c22-18-4-2-1-3-16(18)12-21(8-9-21)20(26)23-10-7-14-5-6-15(19(24)25)11-17(14)13-23/h1-6,11H,7-10,12-13H2,(H,24,25). The Labute approximate surface area is 151 Å². The fourth-order valence-corrected chi connectivity index (χ4v) is 3.82. The maximum absolute atomic E-state index is 14.0. The van der Waals surface area contributed by atoms with Gasteiger partial charge in [0.15, 0.2) is 0 Å². The molecule has 1 aliphatic carbocycles. The molecule has 1 amide bonds. The summed E-state index contributed by atoms with van der Waals surface area (Å²) in [7, 11) is 0. The number of amides is 1. The quantitative estimate of drug-likeness (QED) is 0.916. The molecule has 2 aliphatic rings. The second kappa shape index (κ2) is 6.24. The van der Waals surface area contributed by atoms with E-state index in [4.69, 9.17) is 0 Å². The molecule has 5 heteroatoms. The van der Waals surface area contributed by atoms with Gasteiger partial charge in [0.05, 0.1) is 11.0 Å². The van der Waals surface area contributed by atoms with E-state index in [-0.39, 0.29) is 17.3 Å². The highest BCUT2D eigenvalue weighted by Gasteiger charge is 2.52. The minimum absolute atomic E-state index is 0.0622. The topological polar surface area (TPSA) is 57.6 Å². The van der Waals surface area contributed by atoms with Crippen molar-refractivity contribution in [2.24, 2.45) is 5.41 Å². The Morgan fingerprint density at radius 3 is 2.58 bits per heavy atom. The molecule has 4 nitrogen and oxygen atoms in total.